The predicted molar refractivity (Wildman–Crippen MR) is 129 cm³/mol. The van der Waals surface area contributed by atoms with Crippen molar-refractivity contribution in [1.82, 2.24) is 9.80 Å². The van der Waals surface area contributed by atoms with Gasteiger partial charge in [0, 0.05) is 19.5 Å². The van der Waals surface area contributed by atoms with Crippen molar-refractivity contribution >= 4 is 11.8 Å². The zero-order valence-corrected chi connectivity index (χ0v) is 20.5. The normalized spacial score (nSPS) is 31.8. The fourth-order valence-corrected chi connectivity index (χ4v) is 7.17. The van der Waals surface area contributed by atoms with Gasteiger partial charge in [0.05, 0.1) is 5.41 Å². The predicted octanol–water partition coefficient (Wildman–Crippen LogP) is 4.78. The second kappa shape index (κ2) is 9.40. The Labute approximate surface area is 198 Å². The molecule has 5 heteroatoms. The first kappa shape index (κ1) is 22.9. The van der Waals surface area contributed by atoms with Crippen molar-refractivity contribution in [2.75, 3.05) is 32.8 Å². The Bertz CT molecular complexity index is 893. The molecule has 0 unspecified atom stereocenters. The minimum Gasteiger partial charge on any atom is -0.492 e. The smallest absolute Gasteiger partial charge is 0.235 e. The summed E-state index contributed by atoms with van der Waals surface area (Å²) in [5, 5.41) is 0. The van der Waals surface area contributed by atoms with Crippen LogP contribution in [0.5, 0.6) is 5.75 Å². The number of hydrogen-bond acceptors (Lipinski definition) is 4. The third-order valence-corrected chi connectivity index (χ3v) is 9.13. The summed E-state index contributed by atoms with van der Waals surface area (Å²) < 4.78 is 6.11. The fourth-order valence-electron chi connectivity index (χ4n) is 7.17. The van der Waals surface area contributed by atoms with E-state index < -0.39 is 0 Å². The van der Waals surface area contributed by atoms with Crippen LogP contribution >= 0.6 is 0 Å². The summed E-state index contributed by atoms with van der Waals surface area (Å²) in [4.78, 5) is 30.5. The average Bonchev–Trinajstić information content (AvgIpc) is 3.33. The van der Waals surface area contributed by atoms with Crippen LogP contribution in [0.15, 0.2) is 18.2 Å². The molecule has 33 heavy (non-hydrogen) atoms. The number of aryl methyl sites for hydroxylation is 1. The van der Waals surface area contributed by atoms with E-state index in [1.165, 1.54) is 37.1 Å². The third kappa shape index (κ3) is 4.22. The Kier molecular flexibility index (Phi) is 6.52. The van der Waals surface area contributed by atoms with Crippen LogP contribution in [0.2, 0.25) is 0 Å². The summed E-state index contributed by atoms with van der Waals surface area (Å²) in [6.45, 7) is 9.03. The van der Waals surface area contributed by atoms with Crippen molar-refractivity contribution in [3.63, 3.8) is 0 Å². The van der Waals surface area contributed by atoms with E-state index in [0.29, 0.717) is 24.8 Å². The second-order valence-electron chi connectivity index (χ2n) is 11.0. The molecule has 0 spiro atoms. The number of carbonyl (C=O) groups is 2. The van der Waals surface area contributed by atoms with Crippen LogP contribution in [0.3, 0.4) is 0 Å². The molecule has 5 rings (SSSR count). The van der Waals surface area contributed by atoms with Crippen LogP contribution in [0.25, 0.3) is 0 Å². The highest BCUT2D eigenvalue weighted by atomic mass is 16.5. The first-order valence-corrected chi connectivity index (χ1v) is 13.3. The number of amides is 2. The minimum atomic E-state index is -0.376. The number of fused-ring (bicyclic) bond motifs is 5. The summed E-state index contributed by atoms with van der Waals surface area (Å²) in [7, 11) is 0. The lowest BCUT2D eigenvalue weighted by molar-refractivity contribution is -0.167. The quantitative estimate of drug-likeness (QED) is 0.559. The molecule has 0 aromatic heterocycles. The summed E-state index contributed by atoms with van der Waals surface area (Å²) in [5.41, 5.74) is 2.48. The highest BCUT2D eigenvalue weighted by Crippen LogP contribution is 2.58. The van der Waals surface area contributed by atoms with Crippen molar-refractivity contribution in [2.45, 2.75) is 77.6 Å². The Morgan fingerprint density at radius 2 is 1.94 bits per heavy atom. The van der Waals surface area contributed by atoms with Crippen molar-refractivity contribution in [1.29, 1.82) is 0 Å². The molecule has 2 heterocycles. The van der Waals surface area contributed by atoms with Gasteiger partial charge in [0.2, 0.25) is 11.8 Å². The van der Waals surface area contributed by atoms with Crippen molar-refractivity contribution in [3.05, 3.63) is 29.3 Å². The van der Waals surface area contributed by atoms with Crippen molar-refractivity contribution in [2.24, 2.45) is 17.3 Å². The number of likely N-dealkylation sites (tertiary alicyclic amines) is 2. The van der Waals surface area contributed by atoms with Gasteiger partial charge >= 0.3 is 0 Å². The molecule has 2 amide bonds. The van der Waals surface area contributed by atoms with Gasteiger partial charge in [-0.05, 0) is 99.0 Å². The summed E-state index contributed by atoms with van der Waals surface area (Å²) >= 11 is 0. The minimum absolute atomic E-state index is 0.0594. The Morgan fingerprint density at radius 3 is 2.73 bits per heavy atom. The molecular formula is C28H40N2O3. The maximum atomic E-state index is 13.4. The van der Waals surface area contributed by atoms with E-state index in [0.717, 1.165) is 57.4 Å². The highest BCUT2D eigenvalue weighted by Gasteiger charge is 2.57. The lowest BCUT2D eigenvalue weighted by Crippen LogP contribution is -2.59. The number of unbranched alkanes of at least 4 members (excludes halogenated alkanes) is 1. The number of hydrogen-bond donors (Lipinski definition) is 0. The van der Waals surface area contributed by atoms with E-state index >= 15 is 0 Å². The first-order chi connectivity index (χ1) is 16.0. The molecule has 0 bridgehead atoms. The maximum absolute atomic E-state index is 13.4. The molecule has 4 atom stereocenters. The molecule has 3 fully saturated rings. The first-order valence-electron chi connectivity index (χ1n) is 13.3. The van der Waals surface area contributed by atoms with Crippen molar-refractivity contribution < 1.29 is 14.3 Å². The van der Waals surface area contributed by atoms with Crippen LogP contribution in [-0.2, 0) is 16.0 Å². The van der Waals surface area contributed by atoms with Gasteiger partial charge in [-0.1, -0.05) is 26.3 Å². The third-order valence-electron chi connectivity index (χ3n) is 9.13. The highest BCUT2D eigenvalue weighted by molar-refractivity contribution is 6.01. The molecular weight excluding hydrogens is 412 g/mol. The zero-order chi connectivity index (χ0) is 23.0. The van der Waals surface area contributed by atoms with Gasteiger partial charge in [-0.3, -0.25) is 19.4 Å². The average molecular weight is 453 g/mol. The lowest BCUT2D eigenvalue weighted by Gasteiger charge is -2.54. The van der Waals surface area contributed by atoms with Gasteiger partial charge in [-0.25, -0.2) is 0 Å². The number of ether oxygens (including phenoxy) is 1. The molecule has 5 nitrogen and oxygen atoms in total. The van der Waals surface area contributed by atoms with Crippen LogP contribution < -0.4 is 4.74 Å². The molecule has 1 saturated carbocycles. The fraction of sp³-hybridized carbons (Fsp3) is 0.714. The number of imide groups is 1. The maximum Gasteiger partial charge on any atom is 0.235 e. The van der Waals surface area contributed by atoms with Crippen molar-refractivity contribution in [3.8, 4) is 5.75 Å². The zero-order valence-electron chi connectivity index (χ0n) is 20.5. The number of nitrogens with zero attached hydrogens (tertiary/aromatic N) is 2. The SMILES string of the molecule is CCCCN1C(=O)C[C@H]2[C@@H]3CCc4cc(OCCN5CCCC5)ccc4[C@H]3CC[C@]2(C)C1=O. The molecule has 1 aromatic rings. The van der Waals surface area contributed by atoms with Gasteiger partial charge in [0.25, 0.3) is 0 Å². The van der Waals surface area contributed by atoms with Gasteiger partial charge in [-0.2, -0.15) is 0 Å². The van der Waals surface area contributed by atoms with E-state index in [-0.39, 0.29) is 23.1 Å². The molecule has 2 aliphatic carbocycles. The number of benzene rings is 1. The molecule has 0 radical (unpaired) electrons. The van der Waals surface area contributed by atoms with Gasteiger partial charge in [-0.15, -0.1) is 0 Å². The second-order valence-corrected chi connectivity index (χ2v) is 11.0. The van der Waals surface area contributed by atoms with E-state index in [2.05, 4.69) is 36.9 Å². The molecule has 180 valence electrons. The van der Waals surface area contributed by atoms with Crippen LogP contribution in [0.4, 0.5) is 0 Å². The van der Waals surface area contributed by atoms with Gasteiger partial charge in [0.15, 0.2) is 0 Å². The van der Waals surface area contributed by atoms with Crippen LogP contribution in [0.1, 0.15) is 82.3 Å². The van der Waals surface area contributed by atoms with Gasteiger partial charge in [0.1, 0.15) is 12.4 Å². The monoisotopic (exact) mass is 452 g/mol. The summed E-state index contributed by atoms with van der Waals surface area (Å²) in [6.07, 6.45) is 9.11. The lowest BCUT2D eigenvalue weighted by atomic mass is 9.52. The Hall–Kier alpha value is -1.88. The Balaban J connectivity index is 1.28. The molecule has 2 saturated heterocycles. The Morgan fingerprint density at radius 1 is 1.12 bits per heavy atom. The summed E-state index contributed by atoms with van der Waals surface area (Å²) in [5.74, 6) is 2.22. The topological polar surface area (TPSA) is 49.9 Å². The van der Waals surface area contributed by atoms with E-state index in [9.17, 15) is 9.59 Å². The number of piperidine rings is 1. The standard InChI is InChI=1S/C28H40N2O3/c1-3-4-15-30-26(31)19-25-24-9-7-20-18-21(33-17-16-29-13-5-6-14-29)8-10-22(20)23(24)11-12-28(25,2)27(30)32/h8,10,18,23-25H,3-7,9,11-17,19H2,1-2H3/t23-,24-,25+,28+/m1/s1. The molecule has 1 aromatic carbocycles. The molecule has 4 aliphatic rings. The van der Waals surface area contributed by atoms with E-state index in [1.807, 2.05) is 0 Å². The number of rotatable bonds is 7. The van der Waals surface area contributed by atoms with Crippen LogP contribution in [0, 0.1) is 17.3 Å². The van der Waals surface area contributed by atoms with E-state index in [1.54, 1.807) is 4.90 Å². The number of carbonyl (C=O) groups excluding carboxylic acids is 2. The van der Waals surface area contributed by atoms with E-state index in [4.69, 9.17) is 4.74 Å². The largest absolute Gasteiger partial charge is 0.492 e. The molecule has 2 aliphatic heterocycles. The van der Waals surface area contributed by atoms with Gasteiger partial charge < -0.3 is 4.74 Å². The molecule has 0 N–H and O–H groups in total. The summed E-state index contributed by atoms with van der Waals surface area (Å²) in [6, 6.07) is 6.68. The van der Waals surface area contributed by atoms with Crippen LogP contribution in [-0.4, -0.2) is 54.4 Å².